The fourth-order valence-corrected chi connectivity index (χ4v) is 3.41. The van der Waals surface area contributed by atoms with Gasteiger partial charge in [0.2, 0.25) is 0 Å². The van der Waals surface area contributed by atoms with E-state index in [0.29, 0.717) is 19.2 Å². The SMILES string of the molecule is CCCOc1ccc(CN=C(NCC)NCC2CCCN2CC)cc1OC. The maximum atomic E-state index is 5.72. The predicted octanol–water partition coefficient (Wildman–Crippen LogP) is 3.02. The first-order chi connectivity index (χ1) is 13.2. The molecule has 1 atom stereocenters. The van der Waals surface area contributed by atoms with Crippen LogP contribution >= 0.6 is 0 Å². The van der Waals surface area contributed by atoms with E-state index in [1.165, 1.54) is 19.4 Å². The van der Waals surface area contributed by atoms with E-state index in [0.717, 1.165) is 49.1 Å². The van der Waals surface area contributed by atoms with E-state index in [-0.39, 0.29) is 0 Å². The molecule has 0 bridgehead atoms. The van der Waals surface area contributed by atoms with Gasteiger partial charge in [0, 0.05) is 19.1 Å². The highest BCUT2D eigenvalue weighted by Crippen LogP contribution is 2.28. The molecule has 0 radical (unpaired) electrons. The molecule has 1 aliphatic rings. The molecule has 2 rings (SSSR count). The van der Waals surface area contributed by atoms with Gasteiger partial charge >= 0.3 is 0 Å². The molecule has 1 saturated heterocycles. The Morgan fingerprint density at radius 1 is 1.22 bits per heavy atom. The van der Waals surface area contributed by atoms with E-state index in [4.69, 9.17) is 14.5 Å². The highest BCUT2D eigenvalue weighted by Gasteiger charge is 2.22. The summed E-state index contributed by atoms with van der Waals surface area (Å²) in [7, 11) is 1.67. The number of aliphatic imine (C=N–C) groups is 1. The fraction of sp³-hybridized carbons (Fsp3) is 0.667. The van der Waals surface area contributed by atoms with Crippen LogP contribution in [-0.4, -0.2) is 56.8 Å². The van der Waals surface area contributed by atoms with Crippen molar-refractivity contribution in [3.8, 4) is 11.5 Å². The third-order valence-electron chi connectivity index (χ3n) is 4.86. The molecule has 2 N–H and O–H groups in total. The molecule has 0 aromatic heterocycles. The van der Waals surface area contributed by atoms with Crippen LogP contribution in [-0.2, 0) is 6.54 Å². The minimum absolute atomic E-state index is 0.599. The Labute approximate surface area is 164 Å². The number of likely N-dealkylation sites (tertiary alicyclic amines) is 1. The Bertz CT molecular complexity index is 592. The van der Waals surface area contributed by atoms with Crippen molar-refractivity contribution in [2.24, 2.45) is 4.99 Å². The molecule has 1 aliphatic heterocycles. The number of benzene rings is 1. The first-order valence-corrected chi connectivity index (χ1v) is 10.3. The lowest BCUT2D eigenvalue weighted by atomic mass is 10.2. The van der Waals surface area contributed by atoms with E-state index >= 15 is 0 Å². The topological polar surface area (TPSA) is 58.1 Å². The minimum Gasteiger partial charge on any atom is -0.493 e. The lowest BCUT2D eigenvalue weighted by Gasteiger charge is -2.24. The fourth-order valence-electron chi connectivity index (χ4n) is 3.41. The Hall–Kier alpha value is -1.95. The van der Waals surface area contributed by atoms with E-state index in [9.17, 15) is 0 Å². The van der Waals surface area contributed by atoms with Crippen LogP contribution < -0.4 is 20.1 Å². The van der Waals surface area contributed by atoms with Gasteiger partial charge in [-0.05, 0) is 57.0 Å². The molecule has 0 aliphatic carbocycles. The van der Waals surface area contributed by atoms with Gasteiger partial charge in [-0.1, -0.05) is 19.9 Å². The molecule has 152 valence electrons. The molecule has 1 aromatic rings. The van der Waals surface area contributed by atoms with E-state index < -0.39 is 0 Å². The Morgan fingerprint density at radius 2 is 2.07 bits per heavy atom. The number of ether oxygens (including phenoxy) is 2. The van der Waals surface area contributed by atoms with Gasteiger partial charge in [-0.2, -0.15) is 0 Å². The van der Waals surface area contributed by atoms with Crippen molar-refractivity contribution in [3.05, 3.63) is 23.8 Å². The summed E-state index contributed by atoms with van der Waals surface area (Å²) < 4.78 is 11.2. The number of hydrogen-bond donors (Lipinski definition) is 2. The first kappa shape index (κ1) is 21.4. The molecule has 1 heterocycles. The van der Waals surface area contributed by atoms with Crippen LogP contribution in [0.15, 0.2) is 23.2 Å². The average Bonchev–Trinajstić information content (AvgIpc) is 3.16. The number of nitrogens with one attached hydrogen (secondary N) is 2. The molecule has 1 aromatic carbocycles. The zero-order valence-electron chi connectivity index (χ0n) is 17.4. The van der Waals surface area contributed by atoms with Crippen LogP contribution in [0.3, 0.4) is 0 Å². The smallest absolute Gasteiger partial charge is 0.191 e. The standard InChI is InChI=1S/C21H36N4O2/c1-5-13-27-19-11-10-17(14-20(19)26-4)15-23-21(22-6-2)24-16-18-9-8-12-25(18)7-3/h10-11,14,18H,5-9,12-13,15-16H2,1-4H3,(H2,22,23,24). The number of likely N-dealkylation sites (N-methyl/N-ethyl adjacent to an activating group) is 1. The van der Waals surface area contributed by atoms with Crippen LogP contribution in [0.4, 0.5) is 0 Å². The van der Waals surface area contributed by atoms with Crippen molar-refractivity contribution in [1.29, 1.82) is 0 Å². The number of rotatable bonds is 10. The summed E-state index contributed by atoms with van der Waals surface area (Å²) in [6.07, 6.45) is 3.53. The van der Waals surface area contributed by atoms with Gasteiger partial charge in [0.05, 0.1) is 20.3 Å². The normalized spacial score (nSPS) is 17.8. The van der Waals surface area contributed by atoms with E-state index in [2.05, 4.69) is 42.4 Å². The second-order valence-electron chi connectivity index (χ2n) is 6.83. The second-order valence-corrected chi connectivity index (χ2v) is 6.83. The van der Waals surface area contributed by atoms with Gasteiger partial charge in [0.25, 0.3) is 0 Å². The summed E-state index contributed by atoms with van der Waals surface area (Å²) in [5, 5.41) is 6.85. The lowest BCUT2D eigenvalue weighted by molar-refractivity contribution is 0.267. The quantitative estimate of drug-likeness (QED) is 0.486. The zero-order valence-corrected chi connectivity index (χ0v) is 17.4. The van der Waals surface area contributed by atoms with Crippen molar-refractivity contribution in [3.63, 3.8) is 0 Å². The number of guanidine groups is 1. The summed E-state index contributed by atoms with van der Waals surface area (Å²) in [5.74, 6) is 2.42. The van der Waals surface area contributed by atoms with Gasteiger partial charge in [0.15, 0.2) is 17.5 Å². The Morgan fingerprint density at radius 3 is 2.78 bits per heavy atom. The maximum Gasteiger partial charge on any atom is 0.191 e. The van der Waals surface area contributed by atoms with Crippen molar-refractivity contribution in [2.75, 3.05) is 39.9 Å². The van der Waals surface area contributed by atoms with Gasteiger partial charge in [-0.15, -0.1) is 0 Å². The van der Waals surface area contributed by atoms with Crippen molar-refractivity contribution in [2.45, 2.75) is 52.6 Å². The van der Waals surface area contributed by atoms with Crippen LogP contribution in [0.5, 0.6) is 11.5 Å². The maximum absolute atomic E-state index is 5.72. The summed E-state index contributed by atoms with van der Waals surface area (Å²) >= 11 is 0. The largest absolute Gasteiger partial charge is 0.493 e. The predicted molar refractivity (Wildman–Crippen MR) is 112 cm³/mol. The van der Waals surface area contributed by atoms with Crippen LogP contribution in [0.25, 0.3) is 0 Å². The average molecular weight is 377 g/mol. The summed E-state index contributed by atoms with van der Waals surface area (Å²) in [4.78, 5) is 7.28. The third-order valence-corrected chi connectivity index (χ3v) is 4.86. The van der Waals surface area contributed by atoms with Crippen LogP contribution in [0, 0.1) is 0 Å². The molecule has 0 amide bonds. The number of nitrogens with zero attached hydrogens (tertiary/aromatic N) is 2. The lowest BCUT2D eigenvalue weighted by Crippen LogP contribution is -2.44. The van der Waals surface area contributed by atoms with Crippen molar-refractivity contribution in [1.82, 2.24) is 15.5 Å². The van der Waals surface area contributed by atoms with Crippen molar-refractivity contribution < 1.29 is 9.47 Å². The minimum atomic E-state index is 0.599. The van der Waals surface area contributed by atoms with Gasteiger partial charge in [0.1, 0.15) is 0 Å². The molecule has 0 spiro atoms. The van der Waals surface area contributed by atoms with Gasteiger partial charge in [-0.3, -0.25) is 4.90 Å². The number of methoxy groups -OCH3 is 1. The number of hydrogen-bond acceptors (Lipinski definition) is 4. The summed E-state index contributed by atoms with van der Waals surface area (Å²) in [6, 6.07) is 6.63. The van der Waals surface area contributed by atoms with Gasteiger partial charge < -0.3 is 20.1 Å². The summed E-state index contributed by atoms with van der Waals surface area (Å²) in [6.45, 7) is 11.8. The van der Waals surface area contributed by atoms with Crippen LogP contribution in [0.2, 0.25) is 0 Å². The molecule has 0 saturated carbocycles. The Kier molecular flexibility index (Phi) is 9.25. The molecule has 27 heavy (non-hydrogen) atoms. The molecule has 1 fully saturated rings. The molecule has 6 nitrogen and oxygen atoms in total. The second kappa shape index (κ2) is 11.7. The van der Waals surface area contributed by atoms with Crippen molar-refractivity contribution >= 4 is 5.96 Å². The van der Waals surface area contributed by atoms with E-state index in [1.54, 1.807) is 7.11 Å². The highest BCUT2D eigenvalue weighted by atomic mass is 16.5. The molecular formula is C21H36N4O2. The Balaban J connectivity index is 1.96. The van der Waals surface area contributed by atoms with Crippen LogP contribution in [0.1, 0.15) is 45.6 Å². The van der Waals surface area contributed by atoms with Gasteiger partial charge in [-0.25, -0.2) is 4.99 Å². The molecular weight excluding hydrogens is 340 g/mol. The first-order valence-electron chi connectivity index (χ1n) is 10.3. The third kappa shape index (κ3) is 6.61. The van der Waals surface area contributed by atoms with E-state index in [1.807, 2.05) is 12.1 Å². The zero-order chi connectivity index (χ0) is 19.5. The monoisotopic (exact) mass is 376 g/mol. The summed E-state index contributed by atoms with van der Waals surface area (Å²) in [5.41, 5.74) is 1.10. The molecule has 1 unspecified atom stereocenters. The molecule has 6 heteroatoms. The highest BCUT2D eigenvalue weighted by molar-refractivity contribution is 5.79.